The average molecular weight is 306 g/mol. The molecule has 0 aliphatic carbocycles. The molecule has 0 amide bonds. The van der Waals surface area contributed by atoms with Crippen molar-refractivity contribution in [3.8, 4) is 0 Å². The summed E-state index contributed by atoms with van der Waals surface area (Å²) in [6.07, 6.45) is 3.46. The molecule has 1 aromatic rings. The minimum atomic E-state index is -3.79. The Hall–Kier alpha value is -0.920. The number of sulfonamides is 1. The molecule has 0 saturated carbocycles. The molecular weight excluding hydrogens is 290 g/mol. The van der Waals surface area contributed by atoms with Crippen molar-refractivity contribution in [2.24, 2.45) is 7.05 Å². The summed E-state index contributed by atoms with van der Waals surface area (Å²) >= 11 is 5.90. The molecule has 1 aliphatic rings. The first-order valence-electron chi connectivity index (χ1n) is 6.05. The van der Waals surface area contributed by atoms with E-state index < -0.39 is 16.1 Å². The van der Waals surface area contributed by atoms with Crippen LogP contribution in [0.25, 0.3) is 0 Å². The predicted octanol–water partition coefficient (Wildman–Crippen LogP) is 1.21. The van der Waals surface area contributed by atoms with Gasteiger partial charge in [0.15, 0.2) is 5.03 Å². The van der Waals surface area contributed by atoms with E-state index in [9.17, 15) is 13.2 Å². The molecular formula is C11H16ClN3O3S. The van der Waals surface area contributed by atoms with Gasteiger partial charge in [-0.2, -0.15) is 9.40 Å². The highest BCUT2D eigenvalue weighted by Crippen LogP contribution is 2.29. The second-order valence-electron chi connectivity index (χ2n) is 4.66. The van der Waals surface area contributed by atoms with E-state index in [0.29, 0.717) is 13.0 Å². The van der Waals surface area contributed by atoms with Crippen LogP contribution < -0.4 is 0 Å². The maximum absolute atomic E-state index is 12.6. The number of hydrogen-bond donors (Lipinski definition) is 0. The molecule has 2 heterocycles. The molecule has 0 radical (unpaired) electrons. The van der Waals surface area contributed by atoms with Crippen LogP contribution >= 0.6 is 11.6 Å². The second kappa shape index (κ2) is 5.22. The molecule has 1 unspecified atom stereocenters. The van der Waals surface area contributed by atoms with Crippen LogP contribution in [-0.2, 0) is 21.9 Å². The first-order valence-corrected chi connectivity index (χ1v) is 7.87. The Kier molecular flexibility index (Phi) is 3.98. The number of aryl methyl sites for hydroxylation is 1. The van der Waals surface area contributed by atoms with E-state index in [4.69, 9.17) is 11.6 Å². The number of carbonyl (C=O) groups excluding carboxylic acids is 1. The van der Waals surface area contributed by atoms with Gasteiger partial charge in [0.25, 0.3) is 10.0 Å². The van der Waals surface area contributed by atoms with Gasteiger partial charge in [-0.25, -0.2) is 8.42 Å². The fourth-order valence-corrected chi connectivity index (χ4v) is 4.72. The summed E-state index contributed by atoms with van der Waals surface area (Å²) in [5, 5.41) is 3.87. The van der Waals surface area contributed by atoms with Crippen LogP contribution in [0.5, 0.6) is 0 Å². The number of hydrogen-bond acceptors (Lipinski definition) is 4. The molecule has 1 fully saturated rings. The average Bonchev–Trinajstić information content (AvgIpc) is 2.69. The number of aromatic nitrogens is 2. The highest BCUT2D eigenvalue weighted by atomic mass is 35.5. The molecule has 0 N–H and O–H groups in total. The summed E-state index contributed by atoms with van der Waals surface area (Å²) in [4.78, 5) is 11.6. The van der Waals surface area contributed by atoms with Crippen LogP contribution in [0.4, 0.5) is 0 Å². The largest absolute Gasteiger partial charge is 0.298 e. The molecule has 1 aromatic heterocycles. The molecule has 1 aliphatic heterocycles. The van der Waals surface area contributed by atoms with Gasteiger partial charge >= 0.3 is 0 Å². The summed E-state index contributed by atoms with van der Waals surface area (Å²) in [5.41, 5.74) is 0. The Labute approximate surface area is 117 Å². The van der Waals surface area contributed by atoms with Crippen LogP contribution in [0.1, 0.15) is 26.2 Å². The predicted molar refractivity (Wildman–Crippen MR) is 70.4 cm³/mol. The van der Waals surface area contributed by atoms with E-state index in [2.05, 4.69) is 5.10 Å². The number of piperidine rings is 1. The summed E-state index contributed by atoms with van der Waals surface area (Å²) in [6, 6.07) is -0.593. The van der Waals surface area contributed by atoms with Crippen molar-refractivity contribution in [1.82, 2.24) is 14.1 Å². The highest BCUT2D eigenvalue weighted by Gasteiger charge is 2.38. The van der Waals surface area contributed by atoms with E-state index in [1.807, 2.05) is 0 Å². The normalized spacial score (nSPS) is 21.5. The number of ketones is 1. The van der Waals surface area contributed by atoms with Crippen LogP contribution in [0.15, 0.2) is 11.2 Å². The first-order chi connectivity index (χ1) is 8.85. The second-order valence-corrected chi connectivity index (χ2v) is 6.87. The SMILES string of the molecule is CC(=O)C1CCCCN1S(=O)(=O)c1c(Cl)cnn1C. The molecule has 0 aromatic carbocycles. The van der Waals surface area contributed by atoms with Crippen molar-refractivity contribution < 1.29 is 13.2 Å². The van der Waals surface area contributed by atoms with Crippen molar-refractivity contribution in [3.05, 3.63) is 11.2 Å². The molecule has 1 atom stereocenters. The van der Waals surface area contributed by atoms with Gasteiger partial charge < -0.3 is 0 Å². The molecule has 0 spiro atoms. The van der Waals surface area contributed by atoms with E-state index >= 15 is 0 Å². The fourth-order valence-electron chi connectivity index (χ4n) is 2.40. The Morgan fingerprint density at radius 1 is 1.47 bits per heavy atom. The molecule has 0 bridgehead atoms. The van der Waals surface area contributed by atoms with Gasteiger partial charge in [-0.05, 0) is 19.8 Å². The Morgan fingerprint density at radius 3 is 2.68 bits per heavy atom. The van der Waals surface area contributed by atoms with Gasteiger partial charge in [0.1, 0.15) is 5.78 Å². The van der Waals surface area contributed by atoms with E-state index in [-0.39, 0.29) is 15.8 Å². The number of halogens is 1. The van der Waals surface area contributed by atoms with Crippen molar-refractivity contribution in [2.75, 3.05) is 6.54 Å². The number of Topliss-reactive ketones (excluding diaryl/α,β-unsaturated/α-hetero) is 1. The van der Waals surface area contributed by atoms with Crippen LogP contribution in [0.3, 0.4) is 0 Å². The van der Waals surface area contributed by atoms with Gasteiger partial charge in [-0.3, -0.25) is 9.48 Å². The zero-order chi connectivity index (χ0) is 14.2. The van der Waals surface area contributed by atoms with Gasteiger partial charge in [-0.1, -0.05) is 18.0 Å². The lowest BCUT2D eigenvalue weighted by Crippen LogP contribution is -2.47. The minimum absolute atomic E-state index is 0.0534. The highest BCUT2D eigenvalue weighted by molar-refractivity contribution is 7.89. The quantitative estimate of drug-likeness (QED) is 0.841. The maximum atomic E-state index is 12.6. The van der Waals surface area contributed by atoms with E-state index in [1.165, 1.54) is 29.2 Å². The maximum Gasteiger partial charge on any atom is 0.262 e. The monoisotopic (exact) mass is 305 g/mol. The first kappa shape index (κ1) is 14.5. The zero-order valence-electron chi connectivity index (χ0n) is 10.8. The van der Waals surface area contributed by atoms with Crippen molar-refractivity contribution in [2.45, 2.75) is 37.3 Å². The van der Waals surface area contributed by atoms with E-state index in [0.717, 1.165) is 12.8 Å². The number of nitrogens with zero attached hydrogens (tertiary/aromatic N) is 3. The standard InChI is InChI=1S/C11H16ClN3O3S/c1-8(16)10-5-3-4-6-15(10)19(17,18)11-9(12)7-13-14(11)2/h7,10H,3-6H2,1-2H3. The van der Waals surface area contributed by atoms with Gasteiger partial charge in [0.2, 0.25) is 0 Å². The van der Waals surface area contributed by atoms with Gasteiger partial charge in [0.05, 0.1) is 17.3 Å². The molecule has 8 heteroatoms. The van der Waals surface area contributed by atoms with Crippen LogP contribution in [0.2, 0.25) is 5.02 Å². The van der Waals surface area contributed by atoms with Crippen LogP contribution in [0, 0.1) is 0 Å². The van der Waals surface area contributed by atoms with E-state index in [1.54, 1.807) is 0 Å². The third-order valence-electron chi connectivity index (χ3n) is 3.32. The lowest BCUT2D eigenvalue weighted by atomic mass is 10.0. The number of rotatable bonds is 3. The van der Waals surface area contributed by atoms with Gasteiger partial charge in [-0.15, -0.1) is 0 Å². The Bertz CT molecular complexity index is 577. The molecule has 1 saturated heterocycles. The molecule has 106 valence electrons. The van der Waals surface area contributed by atoms with Crippen LogP contribution in [-0.4, -0.2) is 40.9 Å². The summed E-state index contributed by atoms with van der Waals surface area (Å²) in [6.45, 7) is 1.76. The summed E-state index contributed by atoms with van der Waals surface area (Å²) in [7, 11) is -2.27. The number of carbonyl (C=O) groups is 1. The third kappa shape index (κ3) is 2.54. The van der Waals surface area contributed by atoms with Crippen molar-refractivity contribution >= 4 is 27.4 Å². The molecule has 19 heavy (non-hydrogen) atoms. The van der Waals surface area contributed by atoms with Gasteiger partial charge in [0, 0.05) is 13.6 Å². The van der Waals surface area contributed by atoms with Crippen molar-refractivity contribution in [3.63, 3.8) is 0 Å². The summed E-state index contributed by atoms with van der Waals surface area (Å²) < 4.78 is 27.7. The van der Waals surface area contributed by atoms with Crippen molar-refractivity contribution in [1.29, 1.82) is 0 Å². The molecule has 6 nitrogen and oxygen atoms in total. The fraction of sp³-hybridized carbons (Fsp3) is 0.636. The topological polar surface area (TPSA) is 72.3 Å². The smallest absolute Gasteiger partial charge is 0.262 e. The Morgan fingerprint density at radius 2 is 2.16 bits per heavy atom. The minimum Gasteiger partial charge on any atom is -0.298 e. The Balaban J connectivity index is 2.46. The molecule has 2 rings (SSSR count). The lowest BCUT2D eigenvalue weighted by molar-refractivity contribution is -0.121. The lowest BCUT2D eigenvalue weighted by Gasteiger charge is -2.32. The summed E-state index contributed by atoms with van der Waals surface area (Å²) in [5.74, 6) is -0.137. The zero-order valence-corrected chi connectivity index (χ0v) is 12.4. The third-order valence-corrected chi connectivity index (χ3v) is 5.73.